The number of hydrogen-bond acceptors (Lipinski definition) is 0. The van der Waals surface area contributed by atoms with Gasteiger partial charge < -0.3 is 4.57 Å². The second-order valence-corrected chi connectivity index (χ2v) is 4.88. The van der Waals surface area contributed by atoms with E-state index in [1.807, 2.05) is 0 Å². The van der Waals surface area contributed by atoms with Gasteiger partial charge in [-0.15, -0.1) is 0 Å². The molecular weight excluding hydrogens is 306 g/mol. The number of rotatable bonds is 3. The third-order valence-electron chi connectivity index (χ3n) is 2.27. The van der Waals surface area contributed by atoms with Crippen LogP contribution in [0.4, 0.5) is 0 Å². The summed E-state index contributed by atoms with van der Waals surface area (Å²) in [6, 6.07) is 8.46. The predicted octanol–water partition coefficient (Wildman–Crippen LogP) is 4.19. The van der Waals surface area contributed by atoms with Crippen molar-refractivity contribution in [3.8, 4) is 0 Å². The Labute approximate surface area is 100 Å². The Morgan fingerprint density at radius 3 is 2.79 bits per heavy atom. The molecule has 0 aliphatic rings. The van der Waals surface area contributed by atoms with E-state index < -0.39 is 0 Å². The van der Waals surface area contributed by atoms with Crippen molar-refractivity contribution in [3.63, 3.8) is 0 Å². The Balaban J connectivity index is 2.44. The molecule has 0 bridgehead atoms. The molecule has 2 rings (SSSR count). The molecule has 0 aliphatic carbocycles. The van der Waals surface area contributed by atoms with Crippen LogP contribution in [-0.2, 0) is 6.54 Å². The molecule has 1 nitrogen and oxygen atoms in total. The second-order valence-electron chi connectivity index (χ2n) is 3.23. The molecule has 0 fully saturated rings. The highest BCUT2D eigenvalue weighted by Crippen LogP contribution is 2.25. The maximum Gasteiger partial charge on any atom is 0.0492 e. The Bertz CT molecular complexity index is 434. The fourth-order valence-corrected chi connectivity index (χ4v) is 2.45. The lowest BCUT2D eigenvalue weighted by Gasteiger charge is -2.02. The number of aromatic nitrogens is 1. The molecule has 14 heavy (non-hydrogen) atoms. The third-order valence-corrected chi connectivity index (χ3v) is 3.47. The first-order valence-corrected chi connectivity index (χ1v) is 6.53. The summed E-state index contributed by atoms with van der Waals surface area (Å²) >= 11 is 7.03. The molecule has 0 atom stereocenters. The van der Waals surface area contributed by atoms with Crippen molar-refractivity contribution in [2.45, 2.75) is 13.0 Å². The average Bonchev–Trinajstić information content (AvgIpc) is 2.54. The summed E-state index contributed by atoms with van der Waals surface area (Å²) in [5, 5.41) is 2.35. The van der Waals surface area contributed by atoms with E-state index in [1.54, 1.807) is 0 Å². The summed E-state index contributed by atoms with van der Waals surface area (Å²) in [6.07, 6.45) is 3.32. The lowest BCUT2D eigenvalue weighted by molar-refractivity contribution is 0.710. The van der Waals surface area contributed by atoms with Crippen LogP contribution in [0.2, 0.25) is 0 Å². The number of nitrogens with zero attached hydrogens (tertiary/aromatic N) is 1. The van der Waals surface area contributed by atoms with Crippen LogP contribution in [0.1, 0.15) is 6.42 Å². The minimum Gasteiger partial charge on any atom is -0.346 e. The minimum absolute atomic E-state index is 1.05. The number of aryl methyl sites for hydroxylation is 1. The van der Waals surface area contributed by atoms with E-state index in [4.69, 9.17) is 0 Å². The van der Waals surface area contributed by atoms with Gasteiger partial charge in [-0.1, -0.05) is 34.1 Å². The molecule has 1 aromatic carbocycles. The summed E-state index contributed by atoms with van der Waals surface area (Å²) in [5.41, 5.74) is 1.31. The zero-order valence-corrected chi connectivity index (χ0v) is 10.9. The molecule has 1 aromatic heterocycles. The van der Waals surface area contributed by atoms with Gasteiger partial charge in [0.05, 0.1) is 0 Å². The van der Waals surface area contributed by atoms with Crippen molar-refractivity contribution < 1.29 is 0 Å². The van der Waals surface area contributed by atoms with Crippen molar-refractivity contribution in [1.82, 2.24) is 4.57 Å². The SMILES string of the molecule is BrCCCn1cc(Br)c2ccccc21. The van der Waals surface area contributed by atoms with Gasteiger partial charge in [0.25, 0.3) is 0 Å². The number of halogens is 2. The van der Waals surface area contributed by atoms with Gasteiger partial charge in [-0.05, 0) is 28.4 Å². The molecule has 0 N–H and O–H groups in total. The molecule has 74 valence electrons. The highest BCUT2D eigenvalue weighted by molar-refractivity contribution is 9.10. The van der Waals surface area contributed by atoms with Gasteiger partial charge in [0.15, 0.2) is 0 Å². The Morgan fingerprint density at radius 2 is 2.00 bits per heavy atom. The average molecular weight is 317 g/mol. The third kappa shape index (κ3) is 1.89. The lowest BCUT2D eigenvalue weighted by atomic mass is 10.2. The van der Waals surface area contributed by atoms with Crippen LogP contribution in [-0.4, -0.2) is 9.90 Å². The van der Waals surface area contributed by atoms with Crippen LogP contribution in [0.5, 0.6) is 0 Å². The van der Waals surface area contributed by atoms with E-state index in [0.29, 0.717) is 0 Å². The zero-order valence-electron chi connectivity index (χ0n) is 7.71. The van der Waals surface area contributed by atoms with E-state index in [2.05, 4.69) is 66.9 Å². The molecule has 0 amide bonds. The normalized spacial score (nSPS) is 11.0. The lowest BCUT2D eigenvalue weighted by Crippen LogP contribution is -1.95. The number of benzene rings is 1. The van der Waals surface area contributed by atoms with E-state index in [0.717, 1.165) is 18.3 Å². The summed E-state index contributed by atoms with van der Waals surface area (Å²) in [5.74, 6) is 0. The van der Waals surface area contributed by atoms with Crippen LogP contribution in [0.15, 0.2) is 34.9 Å². The van der Waals surface area contributed by atoms with E-state index in [-0.39, 0.29) is 0 Å². The Kier molecular flexibility index (Phi) is 3.29. The van der Waals surface area contributed by atoms with E-state index in [9.17, 15) is 0 Å². The molecule has 0 radical (unpaired) electrons. The monoisotopic (exact) mass is 315 g/mol. The summed E-state index contributed by atoms with van der Waals surface area (Å²) in [6.45, 7) is 1.07. The van der Waals surface area contributed by atoms with Crippen molar-refractivity contribution in [2.75, 3.05) is 5.33 Å². The molecular formula is C11H11Br2N. The Morgan fingerprint density at radius 1 is 1.21 bits per heavy atom. The summed E-state index contributed by atoms with van der Waals surface area (Å²) < 4.78 is 3.48. The molecule has 0 saturated carbocycles. The van der Waals surface area contributed by atoms with Gasteiger partial charge in [-0.3, -0.25) is 0 Å². The van der Waals surface area contributed by atoms with Crippen LogP contribution >= 0.6 is 31.9 Å². The van der Waals surface area contributed by atoms with Crippen molar-refractivity contribution in [2.24, 2.45) is 0 Å². The minimum atomic E-state index is 1.05. The first kappa shape index (κ1) is 10.2. The predicted molar refractivity (Wildman–Crippen MR) is 68.0 cm³/mol. The van der Waals surface area contributed by atoms with Gasteiger partial charge in [0, 0.05) is 33.4 Å². The second kappa shape index (κ2) is 4.49. The highest BCUT2D eigenvalue weighted by Gasteiger charge is 2.04. The van der Waals surface area contributed by atoms with E-state index >= 15 is 0 Å². The molecule has 1 heterocycles. The maximum atomic E-state index is 3.58. The molecule has 2 aromatic rings. The van der Waals surface area contributed by atoms with E-state index in [1.165, 1.54) is 15.4 Å². The van der Waals surface area contributed by atoms with Gasteiger partial charge in [0.1, 0.15) is 0 Å². The fourth-order valence-electron chi connectivity index (χ4n) is 1.62. The molecule has 3 heteroatoms. The highest BCUT2D eigenvalue weighted by atomic mass is 79.9. The molecule has 0 saturated heterocycles. The largest absolute Gasteiger partial charge is 0.346 e. The summed E-state index contributed by atoms with van der Waals surface area (Å²) in [7, 11) is 0. The molecule has 0 spiro atoms. The standard InChI is InChI=1S/C11H11Br2N/c12-6-3-7-14-8-10(13)9-4-1-2-5-11(9)14/h1-2,4-5,8H,3,6-7H2. The number of alkyl halides is 1. The van der Waals surface area contributed by atoms with Crippen LogP contribution < -0.4 is 0 Å². The molecule has 0 unspecified atom stereocenters. The first-order valence-electron chi connectivity index (χ1n) is 4.62. The fraction of sp³-hybridized carbons (Fsp3) is 0.273. The van der Waals surface area contributed by atoms with Crippen molar-refractivity contribution in [3.05, 3.63) is 34.9 Å². The topological polar surface area (TPSA) is 4.93 Å². The van der Waals surface area contributed by atoms with Crippen LogP contribution in [0, 0.1) is 0 Å². The number of hydrogen-bond donors (Lipinski definition) is 0. The van der Waals surface area contributed by atoms with Gasteiger partial charge >= 0.3 is 0 Å². The van der Waals surface area contributed by atoms with Gasteiger partial charge in [-0.2, -0.15) is 0 Å². The van der Waals surface area contributed by atoms with Gasteiger partial charge in [0.2, 0.25) is 0 Å². The summed E-state index contributed by atoms with van der Waals surface area (Å²) in [4.78, 5) is 0. The quantitative estimate of drug-likeness (QED) is 0.748. The van der Waals surface area contributed by atoms with Crippen molar-refractivity contribution >= 4 is 42.8 Å². The maximum absolute atomic E-state index is 3.58. The first-order chi connectivity index (χ1) is 6.83. The van der Waals surface area contributed by atoms with Gasteiger partial charge in [-0.25, -0.2) is 0 Å². The van der Waals surface area contributed by atoms with Crippen molar-refractivity contribution in [1.29, 1.82) is 0 Å². The smallest absolute Gasteiger partial charge is 0.0492 e. The van der Waals surface area contributed by atoms with Crippen LogP contribution in [0.3, 0.4) is 0 Å². The molecule has 0 aliphatic heterocycles. The number of fused-ring (bicyclic) bond motifs is 1. The Hall–Kier alpha value is -0.280. The van der Waals surface area contributed by atoms with Crippen LogP contribution in [0.25, 0.3) is 10.9 Å². The number of para-hydroxylation sites is 1. The zero-order chi connectivity index (χ0) is 9.97.